The van der Waals surface area contributed by atoms with E-state index in [9.17, 15) is 9.59 Å². The number of carbonyl (C=O) groups excluding carboxylic acids is 2. The van der Waals surface area contributed by atoms with Crippen molar-refractivity contribution in [3.05, 3.63) is 53.6 Å². The number of hydrogen-bond acceptors (Lipinski definition) is 6. The van der Waals surface area contributed by atoms with Crippen LogP contribution in [0, 0.1) is 19.8 Å². The molecule has 0 spiro atoms. The molecule has 2 atom stereocenters. The number of aromatic nitrogens is 1. The smallest absolute Gasteiger partial charge is 0.414 e. The summed E-state index contributed by atoms with van der Waals surface area (Å²) < 4.78 is 10.9. The molecular formula is C29H40N4O4. The molecule has 1 aromatic carbocycles. The second kappa shape index (κ2) is 11.0. The van der Waals surface area contributed by atoms with Crippen LogP contribution in [0.4, 0.5) is 16.2 Å². The molecule has 1 unspecified atom stereocenters. The first-order valence-corrected chi connectivity index (χ1v) is 13.4. The third-order valence-corrected chi connectivity index (χ3v) is 7.38. The molecule has 8 nitrogen and oxygen atoms in total. The Bertz CT molecular complexity index is 1130. The summed E-state index contributed by atoms with van der Waals surface area (Å²) in [6, 6.07) is 6.05. The van der Waals surface area contributed by atoms with Crippen LogP contribution in [0.25, 0.3) is 0 Å². The van der Waals surface area contributed by atoms with Crippen molar-refractivity contribution in [2.75, 3.05) is 22.9 Å². The first-order valence-electron chi connectivity index (χ1n) is 13.4. The van der Waals surface area contributed by atoms with E-state index in [0.29, 0.717) is 13.1 Å². The van der Waals surface area contributed by atoms with Crippen LogP contribution in [-0.4, -0.2) is 47.3 Å². The third-order valence-electron chi connectivity index (χ3n) is 7.38. The maximum Gasteiger partial charge on any atom is 0.414 e. The highest BCUT2D eigenvalue weighted by atomic mass is 16.6. The standard InChI is InChI=1S/C29H40N4O4/c1-8-22(16-31(9-2)17-25-20(6)30-37-21(25)7)24-12-13-26-27(14-24)32(29(35)36-18(3)4)15-19(5)33(26)28(34)23-10-11-23/h9,12-14,18-19,22-23H,2,8,10-11,15-17H2,1,3-7H3/t19-,22?/m0/s1. The van der Waals surface area contributed by atoms with E-state index in [1.54, 1.807) is 4.90 Å². The molecule has 0 radical (unpaired) electrons. The first kappa shape index (κ1) is 26.8. The van der Waals surface area contributed by atoms with Crippen LogP contribution in [0.1, 0.15) is 75.5 Å². The largest absolute Gasteiger partial charge is 0.446 e. The van der Waals surface area contributed by atoms with Crippen LogP contribution in [0.15, 0.2) is 35.5 Å². The zero-order valence-electron chi connectivity index (χ0n) is 23.0. The van der Waals surface area contributed by atoms with Crippen molar-refractivity contribution in [3.63, 3.8) is 0 Å². The predicted molar refractivity (Wildman–Crippen MR) is 145 cm³/mol. The molecule has 1 aliphatic carbocycles. The Morgan fingerprint density at radius 3 is 2.57 bits per heavy atom. The summed E-state index contributed by atoms with van der Waals surface area (Å²) in [6.45, 7) is 17.6. The zero-order chi connectivity index (χ0) is 26.9. The summed E-state index contributed by atoms with van der Waals surface area (Å²) in [5.41, 5.74) is 4.60. The van der Waals surface area contributed by atoms with Gasteiger partial charge in [0.25, 0.3) is 0 Å². The van der Waals surface area contributed by atoms with E-state index < -0.39 is 0 Å². The van der Waals surface area contributed by atoms with Crippen molar-refractivity contribution >= 4 is 23.4 Å². The van der Waals surface area contributed by atoms with Gasteiger partial charge < -0.3 is 19.1 Å². The van der Waals surface area contributed by atoms with E-state index in [1.165, 1.54) is 0 Å². The number of amides is 2. The van der Waals surface area contributed by atoms with Crippen molar-refractivity contribution in [3.8, 4) is 0 Å². The Morgan fingerprint density at radius 1 is 1.27 bits per heavy atom. The fourth-order valence-electron chi connectivity index (χ4n) is 5.08. The lowest BCUT2D eigenvalue weighted by molar-refractivity contribution is -0.120. The third kappa shape index (κ3) is 5.68. The van der Waals surface area contributed by atoms with E-state index in [2.05, 4.69) is 35.7 Å². The van der Waals surface area contributed by atoms with E-state index in [0.717, 1.165) is 59.8 Å². The van der Waals surface area contributed by atoms with E-state index in [-0.39, 0.29) is 36.0 Å². The van der Waals surface area contributed by atoms with Crippen LogP contribution < -0.4 is 9.80 Å². The van der Waals surface area contributed by atoms with Crippen LogP contribution in [0.2, 0.25) is 0 Å². The first-order chi connectivity index (χ1) is 17.6. The summed E-state index contributed by atoms with van der Waals surface area (Å²) in [7, 11) is 0. The molecule has 1 aliphatic heterocycles. The molecule has 37 heavy (non-hydrogen) atoms. The Morgan fingerprint density at radius 2 is 2.00 bits per heavy atom. The molecule has 4 rings (SSSR count). The van der Waals surface area contributed by atoms with Gasteiger partial charge >= 0.3 is 6.09 Å². The van der Waals surface area contributed by atoms with Gasteiger partial charge in [-0.05, 0) is 77.8 Å². The minimum absolute atomic E-state index is 0.0954. The average molecular weight is 509 g/mol. The number of rotatable bonds is 9. The van der Waals surface area contributed by atoms with E-state index in [4.69, 9.17) is 9.26 Å². The second-order valence-electron chi connectivity index (χ2n) is 10.6. The molecule has 2 aromatic rings. The minimum atomic E-state index is -0.377. The Hall–Kier alpha value is -3.29. The molecular weight excluding hydrogens is 468 g/mol. The molecule has 0 saturated heterocycles. The number of aryl methyl sites for hydroxylation is 2. The van der Waals surface area contributed by atoms with Gasteiger partial charge in [-0.25, -0.2) is 4.79 Å². The van der Waals surface area contributed by atoms with Gasteiger partial charge in [0.2, 0.25) is 5.91 Å². The number of ether oxygens (including phenoxy) is 1. The van der Waals surface area contributed by atoms with Crippen molar-refractivity contribution < 1.29 is 18.8 Å². The van der Waals surface area contributed by atoms with Gasteiger partial charge in [0, 0.05) is 37.0 Å². The van der Waals surface area contributed by atoms with Gasteiger partial charge in [0.05, 0.1) is 29.2 Å². The highest BCUT2D eigenvalue weighted by Gasteiger charge is 2.41. The number of anilines is 2. The van der Waals surface area contributed by atoms with Crippen molar-refractivity contribution in [2.45, 2.75) is 85.4 Å². The molecule has 8 heteroatoms. The minimum Gasteiger partial charge on any atom is -0.446 e. The summed E-state index contributed by atoms with van der Waals surface area (Å²) in [5.74, 6) is 1.26. The lowest BCUT2D eigenvalue weighted by atomic mass is 9.93. The number of fused-ring (bicyclic) bond motifs is 1. The molecule has 0 N–H and O–H groups in total. The quantitative estimate of drug-likeness (QED) is 0.418. The monoisotopic (exact) mass is 508 g/mol. The highest BCUT2D eigenvalue weighted by Crippen LogP contribution is 2.42. The second-order valence-corrected chi connectivity index (χ2v) is 10.6. The molecule has 2 amide bonds. The molecule has 2 aliphatic rings. The maximum atomic E-state index is 13.2. The van der Waals surface area contributed by atoms with Gasteiger partial charge in [0.15, 0.2) is 0 Å². The SMILES string of the molecule is C=CN(Cc1c(C)noc1C)CC(CC)c1ccc2c(c1)N(C(=O)OC(C)C)C[C@H](C)N2C(=O)C1CC1. The van der Waals surface area contributed by atoms with Gasteiger partial charge in [-0.1, -0.05) is 24.7 Å². The predicted octanol–water partition coefficient (Wildman–Crippen LogP) is 5.93. The number of nitrogens with zero attached hydrogens (tertiary/aromatic N) is 4. The zero-order valence-corrected chi connectivity index (χ0v) is 23.0. The van der Waals surface area contributed by atoms with Gasteiger partial charge in [-0.2, -0.15) is 0 Å². The summed E-state index contributed by atoms with van der Waals surface area (Å²) in [4.78, 5) is 32.1. The summed E-state index contributed by atoms with van der Waals surface area (Å²) in [6.07, 6.45) is 4.04. The summed E-state index contributed by atoms with van der Waals surface area (Å²) >= 11 is 0. The number of carbonyl (C=O) groups is 2. The van der Waals surface area contributed by atoms with Crippen molar-refractivity contribution in [1.29, 1.82) is 0 Å². The van der Waals surface area contributed by atoms with Gasteiger partial charge in [-0.15, -0.1) is 0 Å². The average Bonchev–Trinajstić information content (AvgIpc) is 3.67. The van der Waals surface area contributed by atoms with Crippen LogP contribution >= 0.6 is 0 Å². The number of hydrogen-bond donors (Lipinski definition) is 0. The Labute approximate surface area is 220 Å². The lowest BCUT2D eigenvalue weighted by Gasteiger charge is -2.41. The fourth-order valence-corrected chi connectivity index (χ4v) is 5.08. The number of benzene rings is 1. The van der Waals surface area contributed by atoms with Crippen LogP contribution in [-0.2, 0) is 16.1 Å². The maximum absolute atomic E-state index is 13.2. The molecule has 200 valence electrons. The topological polar surface area (TPSA) is 79.1 Å². The van der Waals surface area contributed by atoms with E-state index >= 15 is 0 Å². The van der Waals surface area contributed by atoms with Crippen LogP contribution in [0.3, 0.4) is 0 Å². The molecule has 1 fully saturated rings. The van der Waals surface area contributed by atoms with Crippen LogP contribution in [0.5, 0.6) is 0 Å². The van der Waals surface area contributed by atoms with Gasteiger partial charge in [0.1, 0.15) is 5.76 Å². The van der Waals surface area contributed by atoms with Gasteiger partial charge in [-0.3, -0.25) is 9.69 Å². The normalized spacial score (nSPS) is 18.0. The Kier molecular flexibility index (Phi) is 7.95. The molecule has 0 bridgehead atoms. The molecule has 2 heterocycles. The molecule has 1 saturated carbocycles. The summed E-state index contributed by atoms with van der Waals surface area (Å²) in [5, 5.41) is 4.08. The lowest BCUT2D eigenvalue weighted by Crippen LogP contribution is -2.52. The Balaban J connectivity index is 1.65. The molecule has 1 aromatic heterocycles. The van der Waals surface area contributed by atoms with Crippen molar-refractivity contribution in [1.82, 2.24) is 10.1 Å². The highest BCUT2D eigenvalue weighted by molar-refractivity contribution is 6.04. The van der Waals surface area contributed by atoms with E-state index in [1.807, 2.05) is 51.8 Å². The van der Waals surface area contributed by atoms with Crippen molar-refractivity contribution in [2.24, 2.45) is 5.92 Å². The fraction of sp³-hybridized carbons (Fsp3) is 0.552.